The molecule has 120 valence electrons. The molecular formula is C17H16Cl2N2O2. The van der Waals surface area contributed by atoms with Gasteiger partial charge in [0.05, 0.1) is 16.3 Å². The van der Waals surface area contributed by atoms with E-state index >= 15 is 0 Å². The van der Waals surface area contributed by atoms with Crippen LogP contribution in [-0.4, -0.2) is 18.7 Å². The fourth-order valence-corrected chi connectivity index (χ4v) is 2.35. The number of amides is 1. The smallest absolute Gasteiger partial charge is 0.277 e. The van der Waals surface area contributed by atoms with Gasteiger partial charge in [-0.15, -0.1) is 0 Å². The molecule has 6 heteroatoms. The number of aryl methyl sites for hydroxylation is 2. The standard InChI is InChI=1S/C17H16Cl2N2O2/c1-11-5-3-6-12(2)17(11)23-10-15(22)21-20-9-13-7-4-8-14(18)16(13)19/h3-9H,10H2,1-2H3,(H,21,22)/b20-9+. The molecule has 1 amide bonds. The average Bonchev–Trinajstić information content (AvgIpc) is 2.51. The second kappa shape index (κ2) is 7.99. The maximum Gasteiger partial charge on any atom is 0.277 e. The minimum Gasteiger partial charge on any atom is -0.483 e. The highest BCUT2D eigenvalue weighted by molar-refractivity contribution is 6.43. The van der Waals surface area contributed by atoms with Crippen molar-refractivity contribution in [1.29, 1.82) is 0 Å². The van der Waals surface area contributed by atoms with Crippen LogP contribution in [0.25, 0.3) is 0 Å². The molecule has 1 N–H and O–H groups in total. The number of hydrogen-bond acceptors (Lipinski definition) is 3. The summed E-state index contributed by atoms with van der Waals surface area (Å²) in [5.74, 6) is 0.353. The Balaban J connectivity index is 1.90. The molecule has 2 aromatic rings. The molecule has 0 unspecified atom stereocenters. The normalized spacial score (nSPS) is 10.8. The molecule has 2 aromatic carbocycles. The minimum atomic E-state index is -0.359. The topological polar surface area (TPSA) is 50.7 Å². The molecule has 0 heterocycles. The predicted octanol–water partition coefficient (Wildman–Crippen LogP) is 4.14. The van der Waals surface area contributed by atoms with Crippen LogP contribution in [-0.2, 0) is 4.79 Å². The van der Waals surface area contributed by atoms with E-state index in [0.717, 1.165) is 11.1 Å². The number of hydrazone groups is 1. The van der Waals surface area contributed by atoms with E-state index < -0.39 is 0 Å². The van der Waals surface area contributed by atoms with Gasteiger partial charge in [-0.2, -0.15) is 5.10 Å². The summed E-state index contributed by atoms with van der Waals surface area (Å²) in [6, 6.07) is 11.0. The third-order valence-electron chi connectivity index (χ3n) is 3.13. The molecule has 0 spiro atoms. The van der Waals surface area contributed by atoms with Crippen molar-refractivity contribution in [2.45, 2.75) is 13.8 Å². The molecule has 0 aliphatic rings. The molecule has 0 saturated carbocycles. The first-order valence-electron chi connectivity index (χ1n) is 6.94. The third-order valence-corrected chi connectivity index (χ3v) is 3.96. The molecule has 0 aliphatic carbocycles. The summed E-state index contributed by atoms with van der Waals surface area (Å²) in [6.45, 7) is 3.74. The van der Waals surface area contributed by atoms with Crippen molar-refractivity contribution in [3.8, 4) is 5.75 Å². The number of carbonyl (C=O) groups excluding carboxylic acids is 1. The fraction of sp³-hybridized carbons (Fsp3) is 0.176. The van der Waals surface area contributed by atoms with Crippen LogP contribution in [0.4, 0.5) is 0 Å². The van der Waals surface area contributed by atoms with Gasteiger partial charge in [-0.3, -0.25) is 4.79 Å². The van der Waals surface area contributed by atoms with Crippen LogP contribution in [0, 0.1) is 13.8 Å². The zero-order chi connectivity index (χ0) is 16.8. The Kier molecular flexibility index (Phi) is 6.02. The lowest BCUT2D eigenvalue weighted by molar-refractivity contribution is -0.123. The Hall–Kier alpha value is -2.04. The van der Waals surface area contributed by atoms with E-state index in [0.29, 0.717) is 21.4 Å². The van der Waals surface area contributed by atoms with E-state index in [4.69, 9.17) is 27.9 Å². The Labute approximate surface area is 145 Å². The van der Waals surface area contributed by atoms with Crippen LogP contribution in [0.5, 0.6) is 5.75 Å². The van der Waals surface area contributed by atoms with Crippen molar-refractivity contribution in [3.05, 3.63) is 63.1 Å². The van der Waals surface area contributed by atoms with Gasteiger partial charge in [-0.05, 0) is 31.0 Å². The summed E-state index contributed by atoms with van der Waals surface area (Å²) < 4.78 is 5.54. The summed E-state index contributed by atoms with van der Waals surface area (Å²) in [5.41, 5.74) is 4.97. The number of halogens is 2. The van der Waals surface area contributed by atoms with Crippen molar-refractivity contribution < 1.29 is 9.53 Å². The lowest BCUT2D eigenvalue weighted by Crippen LogP contribution is -2.25. The van der Waals surface area contributed by atoms with Crippen molar-refractivity contribution >= 4 is 35.3 Å². The first-order chi connectivity index (χ1) is 11.0. The van der Waals surface area contributed by atoms with Gasteiger partial charge < -0.3 is 4.74 Å². The van der Waals surface area contributed by atoms with Crippen molar-refractivity contribution in [2.24, 2.45) is 5.10 Å². The van der Waals surface area contributed by atoms with Gasteiger partial charge >= 0.3 is 0 Å². The molecule has 0 aliphatic heterocycles. The molecule has 0 radical (unpaired) electrons. The van der Waals surface area contributed by atoms with Crippen LogP contribution < -0.4 is 10.2 Å². The Bertz CT molecular complexity index is 725. The van der Waals surface area contributed by atoms with E-state index in [2.05, 4.69) is 10.5 Å². The number of nitrogens with one attached hydrogen (secondary N) is 1. The Morgan fingerprint density at radius 3 is 2.52 bits per heavy atom. The number of rotatable bonds is 5. The Morgan fingerprint density at radius 1 is 1.17 bits per heavy atom. The molecule has 0 fully saturated rings. The van der Waals surface area contributed by atoms with Crippen LogP contribution in [0.2, 0.25) is 10.0 Å². The molecule has 0 atom stereocenters. The highest BCUT2D eigenvalue weighted by Gasteiger charge is 2.07. The maximum absolute atomic E-state index is 11.8. The van der Waals surface area contributed by atoms with Crippen LogP contribution in [0.3, 0.4) is 0 Å². The summed E-state index contributed by atoms with van der Waals surface area (Å²) >= 11 is 11.9. The van der Waals surface area contributed by atoms with Gasteiger partial charge in [0.15, 0.2) is 6.61 Å². The van der Waals surface area contributed by atoms with Gasteiger partial charge in [0.25, 0.3) is 5.91 Å². The summed E-state index contributed by atoms with van der Waals surface area (Å²) in [7, 11) is 0. The lowest BCUT2D eigenvalue weighted by Gasteiger charge is -2.10. The number of nitrogens with zero attached hydrogens (tertiary/aromatic N) is 1. The second-order valence-corrected chi connectivity index (χ2v) is 5.73. The molecule has 0 saturated heterocycles. The summed E-state index contributed by atoms with van der Waals surface area (Å²) in [4.78, 5) is 11.8. The Morgan fingerprint density at radius 2 is 1.83 bits per heavy atom. The first kappa shape index (κ1) is 17.3. The lowest BCUT2D eigenvalue weighted by atomic mass is 10.1. The van der Waals surface area contributed by atoms with Crippen LogP contribution in [0.15, 0.2) is 41.5 Å². The number of hydrogen-bond donors (Lipinski definition) is 1. The third kappa shape index (κ3) is 4.71. The van der Waals surface area contributed by atoms with Gasteiger partial charge in [-0.25, -0.2) is 5.43 Å². The monoisotopic (exact) mass is 350 g/mol. The molecule has 0 aromatic heterocycles. The number of para-hydroxylation sites is 1. The van der Waals surface area contributed by atoms with E-state index in [1.807, 2.05) is 32.0 Å². The van der Waals surface area contributed by atoms with Crippen molar-refractivity contribution in [1.82, 2.24) is 5.43 Å². The molecule has 4 nitrogen and oxygen atoms in total. The van der Waals surface area contributed by atoms with Crippen LogP contribution in [0.1, 0.15) is 16.7 Å². The number of ether oxygens (including phenoxy) is 1. The van der Waals surface area contributed by atoms with Gasteiger partial charge in [0.2, 0.25) is 0 Å². The molecule has 0 bridgehead atoms. The number of benzene rings is 2. The SMILES string of the molecule is Cc1cccc(C)c1OCC(=O)N/N=C/c1cccc(Cl)c1Cl. The second-order valence-electron chi connectivity index (χ2n) is 4.95. The highest BCUT2D eigenvalue weighted by Crippen LogP contribution is 2.24. The van der Waals surface area contributed by atoms with Crippen molar-refractivity contribution in [3.63, 3.8) is 0 Å². The average molecular weight is 351 g/mol. The van der Waals surface area contributed by atoms with E-state index in [1.54, 1.807) is 18.2 Å². The van der Waals surface area contributed by atoms with Gasteiger partial charge in [-0.1, -0.05) is 53.5 Å². The van der Waals surface area contributed by atoms with Gasteiger partial charge in [0.1, 0.15) is 5.75 Å². The highest BCUT2D eigenvalue weighted by atomic mass is 35.5. The molecule has 2 rings (SSSR count). The maximum atomic E-state index is 11.8. The van der Waals surface area contributed by atoms with E-state index in [-0.39, 0.29) is 12.5 Å². The fourth-order valence-electron chi connectivity index (χ4n) is 1.99. The molecule has 23 heavy (non-hydrogen) atoms. The quantitative estimate of drug-likeness (QED) is 0.650. The minimum absolute atomic E-state index is 0.119. The zero-order valence-electron chi connectivity index (χ0n) is 12.8. The largest absolute Gasteiger partial charge is 0.483 e. The first-order valence-corrected chi connectivity index (χ1v) is 7.69. The van der Waals surface area contributed by atoms with E-state index in [9.17, 15) is 4.79 Å². The number of carbonyl (C=O) groups is 1. The van der Waals surface area contributed by atoms with Crippen LogP contribution >= 0.6 is 23.2 Å². The predicted molar refractivity (Wildman–Crippen MR) is 93.6 cm³/mol. The van der Waals surface area contributed by atoms with Gasteiger partial charge in [0, 0.05) is 5.56 Å². The zero-order valence-corrected chi connectivity index (χ0v) is 14.3. The van der Waals surface area contributed by atoms with Crippen molar-refractivity contribution in [2.75, 3.05) is 6.61 Å². The summed E-state index contributed by atoms with van der Waals surface area (Å²) in [6.07, 6.45) is 1.44. The van der Waals surface area contributed by atoms with E-state index in [1.165, 1.54) is 6.21 Å². The molecular weight excluding hydrogens is 335 g/mol. The summed E-state index contributed by atoms with van der Waals surface area (Å²) in [5, 5.41) is 4.67.